The van der Waals surface area contributed by atoms with E-state index in [0.717, 1.165) is 19.7 Å². The molecule has 118 valence electrons. The van der Waals surface area contributed by atoms with Gasteiger partial charge in [-0.3, -0.25) is 4.90 Å². The lowest BCUT2D eigenvalue weighted by Gasteiger charge is -2.44. The van der Waals surface area contributed by atoms with Gasteiger partial charge < -0.3 is 10.1 Å². The average Bonchev–Trinajstić information content (AvgIpc) is 2.48. The van der Waals surface area contributed by atoms with Crippen LogP contribution in [-0.2, 0) is 4.74 Å². The number of nitrogens with zero attached hydrogens (tertiary/aromatic N) is 1. The first-order valence-corrected chi connectivity index (χ1v) is 8.90. The zero-order chi connectivity index (χ0) is 14.2. The standard InChI is InChI=1S/C17H34N2O/c1-3-4-5-8-15(2)18-11-12-19-13-14-20-17-10-7-6-9-16(17)19/h15-18H,3-14H2,1-2H3. The predicted molar refractivity (Wildman–Crippen MR) is 85.2 cm³/mol. The van der Waals surface area contributed by atoms with Crippen molar-refractivity contribution in [1.82, 2.24) is 10.2 Å². The van der Waals surface area contributed by atoms with Crippen LogP contribution in [0, 0.1) is 0 Å². The van der Waals surface area contributed by atoms with Crippen molar-refractivity contribution in [3.8, 4) is 0 Å². The molecule has 3 nitrogen and oxygen atoms in total. The molecule has 1 N–H and O–H groups in total. The molecule has 2 rings (SSSR count). The summed E-state index contributed by atoms with van der Waals surface area (Å²) in [6.45, 7) is 9.01. The molecule has 2 fully saturated rings. The Morgan fingerprint density at radius 1 is 1.25 bits per heavy atom. The van der Waals surface area contributed by atoms with Crippen molar-refractivity contribution < 1.29 is 4.74 Å². The number of unbranched alkanes of at least 4 members (excludes halogenated alkanes) is 2. The normalized spacial score (nSPS) is 29.1. The van der Waals surface area contributed by atoms with E-state index in [1.807, 2.05) is 0 Å². The molecule has 1 aliphatic heterocycles. The van der Waals surface area contributed by atoms with E-state index in [1.54, 1.807) is 0 Å². The molecular weight excluding hydrogens is 248 g/mol. The lowest BCUT2D eigenvalue weighted by atomic mass is 9.90. The van der Waals surface area contributed by atoms with Crippen molar-refractivity contribution in [3.05, 3.63) is 0 Å². The fraction of sp³-hybridized carbons (Fsp3) is 1.00. The third kappa shape index (κ3) is 5.01. The first-order valence-electron chi connectivity index (χ1n) is 8.90. The lowest BCUT2D eigenvalue weighted by molar-refractivity contribution is -0.0874. The second-order valence-corrected chi connectivity index (χ2v) is 6.65. The van der Waals surface area contributed by atoms with Crippen LogP contribution in [0.5, 0.6) is 0 Å². The van der Waals surface area contributed by atoms with Gasteiger partial charge in [0.1, 0.15) is 0 Å². The third-order valence-electron chi connectivity index (χ3n) is 4.98. The van der Waals surface area contributed by atoms with Crippen molar-refractivity contribution in [3.63, 3.8) is 0 Å². The minimum atomic E-state index is 0.527. The number of fused-ring (bicyclic) bond motifs is 1. The van der Waals surface area contributed by atoms with Crippen LogP contribution in [0.25, 0.3) is 0 Å². The molecule has 0 aromatic carbocycles. The summed E-state index contributed by atoms with van der Waals surface area (Å²) in [4.78, 5) is 2.68. The predicted octanol–water partition coefficient (Wildman–Crippen LogP) is 3.19. The summed E-state index contributed by atoms with van der Waals surface area (Å²) in [6, 6.07) is 1.37. The van der Waals surface area contributed by atoms with Crippen LogP contribution < -0.4 is 5.32 Å². The van der Waals surface area contributed by atoms with Gasteiger partial charge in [0.2, 0.25) is 0 Å². The Hall–Kier alpha value is -0.120. The highest BCUT2D eigenvalue weighted by Crippen LogP contribution is 2.27. The molecule has 0 amide bonds. The molecule has 3 heteroatoms. The Labute approximate surface area is 125 Å². The first-order chi connectivity index (χ1) is 9.81. The molecule has 0 aromatic heterocycles. The van der Waals surface area contributed by atoms with Crippen LogP contribution in [0.2, 0.25) is 0 Å². The number of hydrogen-bond donors (Lipinski definition) is 1. The van der Waals surface area contributed by atoms with Crippen LogP contribution >= 0.6 is 0 Å². The monoisotopic (exact) mass is 282 g/mol. The highest BCUT2D eigenvalue weighted by molar-refractivity contribution is 4.87. The van der Waals surface area contributed by atoms with Gasteiger partial charge >= 0.3 is 0 Å². The molecule has 1 saturated heterocycles. The fourth-order valence-electron chi connectivity index (χ4n) is 3.71. The molecule has 20 heavy (non-hydrogen) atoms. The van der Waals surface area contributed by atoms with Gasteiger partial charge in [0, 0.05) is 31.7 Å². The molecule has 1 saturated carbocycles. The maximum atomic E-state index is 5.94. The maximum absolute atomic E-state index is 5.94. The minimum Gasteiger partial charge on any atom is -0.375 e. The molecular formula is C17H34N2O. The van der Waals surface area contributed by atoms with E-state index >= 15 is 0 Å². The van der Waals surface area contributed by atoms with Crippen molar-refractivity contribution in [2.45, 2.75) is 83.4 Å². The molecule has 0 spiro atoms. The van der Waals surface area contributed by atoms with E-state index < -0.39 is 0 Å². The first kappa shape index (κ1) is 16.3. The Kier molecular flexibility index (Phi) is 7.32. The van der Waals surface area contributed by atoms with Crippen LogP contribution in [0.15, 0.2) is 0 Å². The number of hydrogen-bond acceptors (Lipinski definition) is 3. The van der Waals surface area contributed by atoms with E-state index in [0.29, 0.717) is 18.2 Å². The highest BCUT2D eigenvalue weighted by Gasteiger charge is 2.33. The summed E-state index contributed by atoms with van der Waals surface area (Å²) in [5, 5.41) is 3.70. The molecule has 0 aromatic rings. The molecule has 0 bridgehead atoms. The van der Waals surface area contributed by atoms with E-state index in [9.17, 15) is 0 Å². The molecule has 1 heterocycles. The van der Waals surface area contributed by atoms with Gasteiger partial charge in [0.15, 0.2) is 0 Å². The average molecular weight is 282 g/mol. The van der Waals surface area contributed by atoms with Gasteiger partial charge in [0.05, 0.1) is 12.7 Å². The van der Waals surface area contributed by atoms with E-state index in [-0.39, 0.29) is 0 Å². The second-order valence-electron chi connectivity index (χ2n) is 6.65. The van der Waals surface area contributed by atoms with Gasteiger partial charge in [-0.05, 0) is 26.2 Å². The topological polar surface area (TPSA) is 24.5 Å². The maximum Gasteiger partial charge on any atom is 0.0730 e. The Balaban J connectivity index is 1.62. The smallest absolute Gasteiger partial charge is 0.0730 e. The summed E-state index contributed by atoms with van der Waals surface area (Å²) < 4.78 is 5.94. The molecule has 3 atom stereocenters. The van der Waals surface area contributed by atoms with E-state index in [2.05, 4.69) is 24.1 Å². The molecule has 3 unspecified atom stereocenters. The number of rotatable bonds is 8. The van der Waals surface area contributed by atoms with E-state index in [1.165, 1.54) is 57.9 Å². The summed E-state index contributed by atoms with van der Waals surface area (Å²) in [5.74, 6) is 0. The third-order valence-corrected chi connectivity index (χ3v) is 4.98. The van der Waals surface area contributed by atoms with Gasteiger partial charge in [-0.1, -0.05) is 39.0 Å². The summed E-state index contributed by atoms with van der Waals surface area (Å²) in [6.07, 6.45) is 11.3. The Bertz CT molecular complexity index is 257. The summed E-state index contributed by atoms with van der Waals surface area (Å²) in [5.41, 5.74) is 0. The minimum absolute atomic E-state index is 0.527. The molecule has 0 radical (unpaired) electrons. The highest BCUT2D eigenvalue weighted by atomic mass is 16.5. The van der Waals surface area contributed by atoms with Gasteiger partial charge in [-0.25, -0.2) is 0 Å². The van der Waals surface area contributed by atoms with Crippen LogP contribution in [0.1, 0.15) is 65.2 Å². The quantitative estimate of drug-likeness (QED) is 0.692. The van der Waals surface area contributed by atoms with Gasteiger partial charge in [-0.2, -0.15) is 0 Å². The SMILES string of the molecule is CCCCCC(C)NCCN1CCOC2CCCCC21. The zero-order valence-corrected chi connectivity index (χ0v) is 13.6. The Morgan fingerprint density at radius 2 is 2.10 bits per heavy atom. The number of nitrogens with one attached hydrogen (secondary N) is 1. The van der Waals surface area contributed by atoms with Crippen LogP contribution in [0.3, 0.4) is 0 Å². The molecule has 2 aliphatic rings. The van der Waals surface area contributed by atoms with Crippen molar-refractivity contribution in [2.24, 2.45) is 0 Å². The second kappa shape index (κ2) is 9.01. The number of morpholine rings is 1. The van der Waals surface area contributed by atoms with Crippen LogP contribution in [-0.4, -0.2) is 49.3 Å². The Morgan fingerprint density at radius 3 is 2.95 bits per heavy atom. The van der Waals surface area contributed by atoms with Crippen molar-refractivity contribution in [2.75, 3.05) is 26.2 Å². The lowest BCUT2D eigenvalue weighted by Crippen LogP contribution is -2.54. The van der Waals surface area contributed by atoms with Gasteiger partial charge in [-0.15, -0.1) is 0 Å². The van der Waals surface area contributed by atoms with Crippen LogP contribution in [0.4, 0.5) is 0 Å². The summed E-state index contributed by atoms with van der Waals surface area (Å²) in [7, 11) is 0. The van der Waals surface area contributed by atoms with Crippen molar-refractivity contribution >= 4 is 0 Å². The molecule has 1 aliphatic carbocycles. The van der Waals surface area contributed by atoms with E-state index in [4.69, 9.17) is 4.74 Å². The zero-order valence-electron chi connectivity index (χ0n) is 13.6. The summed E-state index contributed by atoms with van der Waals surface area (Å²) >= 11 is 0. The van der Waals surface area contributed by atoms with Crippen molar-refractivity contribution in [1.29, 1.82) is 0 Å². The van der Waals surface area contributed by atoms with Gasteiger partial charge in [0.25, 0.3) is 0 Å². The largest absolute Gasteiger partial charge is 0.375 e. The number of ether oxygens (including phenoxy) is 1. The fourth-order valence-corrected chi connectivity index (χ4v) is 3.71.